The van der Waals surface area contributed by atoms with Gasteiger partial charge in [-0.25, -0.2) is 9.37 Å². The third-order valence-corrected chi connectivity index (χ3v) is 5.54. The highest BCUT2D eigenvalue weighted by Gasteiger charge is 2.37. The lowest BCUT2D eigenvalue weighted by molar-refractivity contribution is -0.154. The van der Waals surface area contributed by atoms with Gasteiger partial charge in [-0.3, -0.25) is 9.69 Å². The fourth-order valence-corrected chi connectivity index (χ4v) is 3.59. The van der Waals surface area contributed by atoms with Gasteiger partial charge in [0, 0.05) is 12.7 Å². The topological polar surface area (TPSA) is 47.4 Å². The van der Waals surface area contributed by atoms with Gasteiger partial charge in [-0.2, -0.15) is 0 Å². The van der Waals surface area contributed by atoms with Crippen LogP contribution in [-0.2, 0) is 16.1 Å². The van der Waals surface area contributed by atoms with Crippen molar-refractivity contribution in [2.75, 3.05) is 20.2 Å². The zero-order chi connectivity index (χ0) is 18.7. The van der Waals surface area contributed by atoms with Crippen LogP contribution < -0.4 is 0 Å². The normalized spacial score (nSPS) is 18.5. The number of hydrogen-bond acceptors (Lipinski definition) is 4. The zero-order valence-electron chi connectivity index (χ0n) is 15.6. The number of imidazole rings is 1. The zero-order valence-corrected chi connectivity index (χ0v) is 15.6. The molecule has 140 valence electrons. The fraction of sp³-hybridized carbons (Fsp3) is 0.500. The van der Waals surface area contributed by atoms with Crippen LogP contribution in [0, 0.1) is 11.2 Å². The van der Waals surface area contributed by atoms with Gasteiger partial charge in [-0.1, -0.05) is 12.1 Å². The highest BCUT2D eigenvalue weighted by molar-refractivity contribution is 5.76. The van der Waals surface area contributed by atoms with Crippen molar-refractivity contribution >= 4 is 5.97 Å². The van der Waals surface area contributed by atoms with Crippen molar-refractivity contribution in [3.05, 3.63) is 53.9 Å². The van der Waals surface area contributed by atoms with Gasteiger partial charge in [-0.15, -0.1) is 0 Å². The van der Waals surface area contributed by atoms with Crippen LogP contribution in [0.3, 0.4) is 0 Å². The van der Waals surface area contributed by atoms with Crippen LogP contribution in [0.15, 0.2) is 36.8 Å². The van der Waals surface area contributed by atoms with Crippen molar-refractivity contribution in [3.8, 4) is 0 Å². The number of aromatic nitrogens is 2. The van der Waals surface area contributed by atoms with Crippen LogP contribution in [0.5, 0.6) is 0 Å². The number of piperidine rings is 1. The lowest BCUT2D eigenvalue weighted by Gasteiger charge is -2.37. The van der Waals surface area contributed by atoms with Gasteiger partial charge in [0.05, 0.1) is 30.6 Å². The third kappa shape index (κ3) is 3.80. The molecule has 0 radical (unpaired) electrons. The van der Waals surface area contributed by atoms with Gasteiger partial charge < -0.3 is 9.30 Å². The number of benzene rings is 1. The number of nitrogens with zero attached hydrogens (tertiary/aromatic N) is 3. The molecule has 0 spiro atoms. The Morgan fingerprint density at radius 1 is 1.31 bits per heavy atom. The Kier molecular flexibility index (Phi) is 5.41. The smallest absolute Gasteiger partial charge is 0.311 e. The van der Waals surface area contributed by atoms with Gasteiger partial charge in [0.15, 0.2) is 0 Å². The Labute approximate surface area is 153 Å². The molecule has 6 heteroatoms. The summed E-state index contributed by atoms with van der Waals surface area (Å²) in [6, 6.07) is 6.68. The first-order chi connectivity index (χ1) is 12.4. The molecule has 0 unspecified atom stereocenters. The third-order valence-electron chi connectivity index (χ3n) is 5.54. The van der Waals surface area contributed by atoms with Crippen LogP contribution in [0.4, 0.5) is 4.39 Å². The van der Waals surface area contributed by atoms with Gasteiger partial charge in [0.1, 0.15) is 5.82 Å². The molecule has 1 atom stereocenters. The lowest BCUT2D eigenvalue weighted by atomic mass is 9.80. The Morgan fingerprint density at radius 2 is 1.96 bits per heavy atom. The molecule has 0 bridgehead atoms. The Balaban J connectivity index is 1.66. The summed E-state index contributed by atoms with van der Waals surface area (Å²) in [5.41, 5.74) is 1.78. The first kappa shape index (κ1) is 18.6. The number of carbonyl (C=O) groups is 1. The molecule has 26 heavy (non-hydrogen) atoms. The van der Waals surface area contributed by atoms with E-state index in [1.54, 1.807) is 0 Å². The predicted octanol–water partition coefficient (Wildman–Crippen LogP) is 3.41. The van der Waals surface area contributed by atoms with Crippen LogP contribution in [0.1, 0.15) is 44.0 Å². The van der Waals surface area contributed by atoms with E-state index >= 15 is 0 Å². The maximum Gasteiger partial charge on any atom is 0.311 e. The molecule has 1 fully saturated rings. The quantitative estimate of drug-likeness (QED) is 0.768. The van der Waals surface area contributed by atoms with E-state index in [1.165, 1.54) is 19.2 Å². The van der Waals surface area contributed by atoms with Gasteiger partial charge in [0.2, 0.25) is 0 Å². The summed E-state index contributed by atoms with van der Waals surface area (Å²) < 4.78 is 20.2. The summed E-state index contributed by atoms with van der Waals surface area (Å²) in [5, 5.41) is 0. The molecule has 0 saturated carbocycles. The SMILES string of the molecule is COC(=O)C1(C)CCN(Cc2cncn2[C@H](C)c2ccc(F)cc2)CC1. The number of esters is 1. The summed E-state index contributed by atoms with van der Waals surface area (Å²) in [6.45, 7) is 6.55. The molecule has 5 nitrogen and oxygen atoms in total. The maximum atomic E-state index is 13.2. The molecule has 0 amide bonds. The average Bonchev–Trinajstić information content (AvgIpc) is 3.11. The molecule has 0 aliphatic carbocycles. The monoisotopic (exact) mass is 359 g/mol. The van der Waals surface area contributed by atoms with E-state index in [0.717, 1.165) is 43.7 Å². The summed E-state index contributed by atoms with van der Waals surface area (Å²) in [7, 11) is 1.45. The summed E-state index contributed by atoms with van der Waals surface area (Å²) >= 11 is 0. The Hall–Kier alpha value is -2.21. The number of ether oxygens (including phenoxy) is 1. The minimum absolute atomic E-state index is 0.0817. The van der Waals surface area contributed by atoms with E-state index in [1.807, 2.05) is 31.6 Å². The largest absolute Gasteiger partial charge is 0.469 e. The van der Waals surface area contributed by atoms with Crippen molar-refractivity contribution in [2.45, 2.75) is 39.3 Å². The number of halogens is 1. The summed E-state index contributed by atoms with van der Waals surface area (Å²) in [5.74, 6) is -0.346. The van der Waals surface area contributed by atoms with E-state index in [0.29, 0.717) is 0 Å². The lowest BCUT2D eigenvalue weighted by Crippen LogP contribution is -2.43. The summed E-state index contributed by atoms with van der Waals surface area (Å²) in [4.78, 5) is 18.6. The first-order valence-corrected chi connectivity index (χ1v) is 9.00. The van der Waals surface area contributed by atoms with Crippen molar-refractivity contribution in [3.63, 3.8) is 0 Å². The van der Waals surface area contributed by atoms with Crippen LogP contribution in [0.25, 0.3) is 0 Å². The molecule has 2 aromatic rings. The Bertz CT molecular complexity index is 749. The fourth-order valence-electron chi connectivity index (χ4n) is 3.59. The average molecular weight is 359 g/mol. The van der Waals surface area contributed by atoms with Crippen molar-refractivity contribution in [1.82, 2.24) is 14.5 Å². The predicted molar refractivity (Wildman–Crippen MR) is 97.1 cm³/mol. The van der Waals surface area contributed by atoms with E-state index in [2.05, 4.69) is 21.4 Å². The molecular weight excluding hydrogens is 333 g/mol. The second-order valence-electron chi connectivity index (χ2n) is 7.35. The van der Waals surface area contributed by atoms with E-state index in [9.17, 15) is 9.18 Å². The second kappa shape index (κ2) is 7.58. The van der Waals surface area contributed by atoms with Crippen molar-refractivity contribution < 1.29 is 13.9 Å². The highest BCUT2D eigenvalue weighted by Crippen LogP contribution is 2.33. The number of likely N-dealkylation sites (tertiary alicyclic amines) is 1. The van der Waals surface area contributed by atoms with Gasteiger partial charge >= 0.3 is 5.97 Å². The Morgan fingerprint density at radius 3 is 2.58 bits per heavy atom. The molecule has 0 N–H and O–H groups in total. The minimum atomic E-state index is -0.382. The van der Waals surface area contributed by atoms with E-state index in [4.69, 9.17) is 4.74 Å². The number of carbonyl (C=O) groups excluding carboxylic acids is 1. The summed E-state index contributed by atoms with van der Waals surface area (Å²) in [6.07, 6.45) is 5.29. The van der Waals surface area contributed by atoms with Gasteiger partial charge in [0.25, 0.3) is 0 Å². The molecule has 3 rings (SSSR count). The number of rotatable bonds is 5. The highest BCUT2D eigenvalue weighted by atomic mass is 19.1. The van der Waals surface area contributed by atoms with Crippen LogP contribution >= 0.6 is 0 Å². The molecule has 1 aromatic carbocycles. The van der Waals surface area contributed by atoms with Crippen molar-refractivity contribution in [1.29, 1.82) is 0 Å². The van der Waals surface area contributed by atoms with Gasteiger partial charge in [-0.05, 0) is 57.5 Å². The molecule has 1 aliphatic rings. The number of methoxy groups -OCH3 is 1. The van der Waals surface area contributed by atoms with Crippen LogP contribution in [-0.4, -0.2) is 40.6 Å². The first-order valence-electron chi connectivity index (χ1n) is 9.00. The molecule has 1 saturated heterocycles. The van der Waals surface area contributed by atoms with Crippen LogP contribution in [0.2, 0.25) is 0 Å². The standard InChI is InChI=1S/C20H26FN3O2/c1-15(16-4-6-17(21)7-5-16)24-14-22-12-18(24)13-23-10-8-20(2,9-11-23)19(25)26-3/h4-7,12,14-15H,8-11,13H2,1-3H3/t15-/m1/s1. The molecule has 2 heterocycles. The van der Waals surface area contributed by atoms with Crippen molar-refractivity contribution in [2.24, 2.45) is 5.41 Å². The number of hydrogen-bond donors (Lipinski definition) is 0. The molecule has 1 aliphatic heterocycles. The van der Waals surface area contributed by atoms with E-state index < -0.39 is 0 Å². The molecular formula is C20H26FN3O2. The minimum Gasteiger partial charge on any atom is -0.469 e. The second-order valence-corrected chi connectivity index (χ2v) is 7.35. The van der Waals surface area contributed by atoms with E-state index in [-0.39, 0.29) is 23.2 Å². The molecule has 1 aromatic heterocycles. The maximum absolute atomic E-state index is 13.2.